The van der Waals surface area contributed by atoms with Crippen LogP contribution in [-0.4, -0.2) is 80.1 Å². The second kappa shape index (κ2) is 12.7. The summed E-state index contributed by atoms with van der Waals surface area (Å²) in [4.78, 5) is 24.4. The number of amides is 1. The number of likely N-dealkylation sites (tertiary alicyclic amines) is 1. The van der Waals surface area contributed by atoms with Gasteiger partial charge in [0.2, 0.25) is 11.9 Å². The highest BCUT2D eigenvalue weighted by atomic mass is 35.5. The lowest BCUT2D eigenvalue weighted by atomic mass is 10.1. The molecule has 13 heteroatoms. The van der Waals surface area contributed by atoms with Crippen LogP contribution in [0.2, 0.25) is 0 Å². The molecule has 0 aromatic carbocycles. The molecule has 2 aliphatic rings. The van der Waals surface area contributed by atoms with Crippen molar-refractivity contribution in [1.82, 2.24) is 29.5 Å². The maximum absolute atomic E-state index is 13.6. The van der Waals surface area contributed by atoms with Crippen molar-refractivity contribution in [2.24, 2.45) is 0 Å². The second-order valence-corrected chi connectivity index (χ2v) is 11.0. The Kier molecular flexibility index (Phi) is 9.58. The maximum Gasteiger partial charge on any atom is 0.421 e. The third-order valence-corrected chi connectivity index (χ3v) is 7.75. The molecule has 2 N–H and O–H groups in total. The number of anilines is 3. The summed E-state index contributed by atoms with van der Waals surface area (Å²) in [6.45, 7) is 6.46. The maximum atomic E-state index is 13.6. The minimum absolute atomic E-state index is 0.0496. The van der Waals surface area contributed by atoms with Crippen molar-refractivity contribution in [3.8, 4) is 0 Å². The number of aromatic nitrogens is 4. The van der Waals surface area contributed by atoms with Gasteiger partial charge in [0.05, 0.1) is 17.4 Å². The van der Waals surface area contributed by atoms with Crippen molar-refractivity contribution >= 4 is 35.0 Å². The van der Waals surface area contributed by atoms with E-state index in [0.29, 0.717) is 31.1 Å². The summed E-state index contributed by atoms with van der Waals surface area (Å²) in [5, 5.41) is 9.88. The van der Waals surface area contributed by atoms with Gasteiger partial charge in [-0.2, -0.15) is 23.3 Å². The number of halogens is 4. The van der Waals surface area contributed by atoms with Crippen LogP contribution in [0, 0.1) is 6.92 Å². The van der Waals surface area contributed by atoms with E-state index >= 15 is 0 Å². The van der Waals surface area contributed by atoms with Gasteiger partial charge in [0.15, 0.2) is 0 Å². The second-order valence-electron chi connectivity index (χ2n) is 10.5. The van der Waals surface area contributed by atoms with E-state index in [1.807, 2.05) is 24.7 Å². The first kappa shape index (κ1) is 29.4. The molecule has 0 bridgehead atoms. The predicted octanol–water partition coefficient (Wildman–Crippen LogP) is 5.21. The monoisotopic (exact) mass is 570 g/mol. The third kappa shape index (κ3) is 7.75. The molecule has 1 aliphatic heterocycles. The topological polar surface area (TPSA) is 91.2 Å². The van der Waals surface area contributed by atoms with Gasteiger partial charge in [0.1, 0.15) is 16.8 Å². The van der Waals surface area contributed by atoms with E-state index in [4.69, 9.17) is 11.6 Å². The Balaban J connectivity index is 1.37. The Morgan fingerprint density at radius 3 is 2.59 bits per heavy atom. The summed E-state index contributed by atoms with van der Waals surface area (Å²) in [5.41, 5.74) is 0.440. The quantitative estimate of drug-likeness (QED) is 0.267. The van der Waals surface area contributed by atoms with Crippen LogP contribution in [0.25, 0.3) is 0 Å². The summed E-state index contributed by atoms with van der Waals surface area (Å²) in [6.07, 6.45) is 4.48. The van der Waals surface area contributed by atoms with Crippen molar-refractivity contribution in [3.05, 3.63) is 23.7 Å². The fourth-order valence-electron chi connectivity index (χ4n) is 4.90. The highest BCUT2D eigenvalue weighted by molar-refractivity contribution is 6.30. The van der Waals surface area contributed by atoms with E-state index in [1.54, 1.807) is 7.05 Å². The number of aryl methyl sites for hydroxylation is 1. The van der Waals surface area contributed by atoms with Gasteiger partial charge < -0.3 is 20.4 Å². The molecule has 2 fully saturated rings. The normalized spacial score (nSPS) is 17.7. The number of alkyl halides is 4. The molecule has 9 nitrogen and oxygen atoms in total. The minimum Gasteiger partial charge on any atom is -0.369 e. The Morgan fingerprint density at radius 2 is 1.95 bits per heavy atom. The molecule has 2 aromatic heterocycles. The third-order valence-electron chi connectivity index (χ3n) is 7.34. The molecule has 2 aromatic rings. The van der Waals surface area contributed by atoms with Gasteiger partial charge in [-0.3, -0.25) is 9.48 Å². The van der Waals surface area contributed by atoms with Gasteiger partial charge in [-0.05, 0) is 45.4 Å². The SMILES string of the molecule is CCCC(Cl)C(=O)N(C)CCCNc1nc(Nc2cn(C3CCN(C4CC4)CC3)nc2C)ncc1C(F)(F)F. The Hall–Kier alpha value is -2.60. The van der Waals surface area contributed by atoms with Crippen molar-refractivity contribution in [1.29, 1.82) is 0 Å². The first-order valence-electron chi connectivity index (χ1n) is 13.7. The molecule has 1 atom stereocenters. The van der Waals surface area contributed by atoms with E-state index in [2.05, 4.69) is 30.6 Å². The van der Waals surface area contributed by atoms with Crippen LogP contribution in [0.5, 0.6) is 0 Å². The number of rotatable bonds is 12. The molecule has 1 saturated carbocycles. The molecular weight excluding hydrogens is 533 g/mol. The van der Waals surface area contributed by atoms with E-state index in [1.165, 1.54) is 17.7 Å². The summed E-state index contributed by atoms with van der Waals surface area (Å²) in [7, 11) is 1.64. The van der Waals surface area contributed by atoms with Crippen LogP contribution in [0.1, 0.15) is 69.2 Å². The van der Waals surface area contributed by atoms with Gasteiger partial charge in [0.25, 0.3) is 0 Å². The molecule has 0 radical (unpaired) electrons. The van der Waals surface area contributed by atoms with Crippen LogP contribution in [0.15, 0.2) is 12.4 Å². The van der Waals surface area contributed by atoms with Gasteiger partial charge in [-0.15, -0.1) is 11.6 Å². The summed E-state index contributed by atoms with van der Waals surface area (Å²) in [6, 6.07) is 1.05. The predicted molar refractivity (Wildman–Crippen MR) is 145 cm³/mol. The van der Waals surface area contributed by atoms with Crippen molar-refractivity contribution < 1.29 is 18.0 Å². The van der Waals surface area contributed by atoms with Crippen LogP contribution >= 0.6 is 11.6 Å². The Labute approximate surface area is 232 Å². The number of hydrogen-bond acceptors (Lipinski definition) is 7. The van der Waals surface area contributed by atoms with E-state index < -0.39 is 17.1 Å². The Morgan fingerprint density at radius 1 is 1.23 bits per heavy atom. The number of nitrogens with zero attached hydrogens (tertiary/aromatic N) is 6. The zero-order valence-corrected chi connectivity index (χ0v) is 23.5. The molecule has 1 unspecified atom stereocenters. The molecule has 4 rings (SSSR count). The smallest absolute Gasteiger partial charge is 0.369 e. The van der Waals surface area contributed by atoms with Crippen LogP contribution in [0.4, 0.5) is 30.6 Å². The fraction of sp³-hybridized carbons (Fsp3) is 0.692. The Bertz CT molecular complexity index is 1120. The first-order valence-corrected chi connectivity index (χ1v) is 14.1. The summed E-state index contributed by atoms with van der Waals surface area (Å²) in [5.74, 6) is -0.450. The van der Waals surface area contributed by atoms with Gasteiger partial charge >= 0.3 is 6.18 Å². The van der Waals surface area contributed by atoms with Crippen molar-refractivity contribution in [2.45, 2.75) is 82.4 Å². The molecular formula is C26H38ClF3N8O. The fourth-order valence-corrected chi connectivity index (χ4v) is 5.29. The lowest BCUT2D eigenvalue weighted by molar-refractivity contribution is -0.137. The van der Waals surface area contributed by atoms with Gasteiger partial charge in [0, 0.05) is 51.7 Å². The average Bonchev–Trinajstić information content (AvgIpc) is 3.69. The van der Waals surface area contributed by atoms with Crippen molar-refractivity contribution in [3.63, 3.8) is 0 Å². The molecule has 1 amide bonds. The van der Waals surface area contributed by atoms with Crippen LogP contribution in [0.3, 0.4) is 0 Å². The zero-order valence-electron chi connectivity index (χ0n) is 22.8. The average molecular weight is 571 g/mol. The number of nitrogens with one attached hydrogen (secondary N) is 2. The van der Waals surface area contributed by atoms with E-state index in [9.17, 15) is 18.0 Å². The zero-order chi connectivity index (χ0) is 28.2. The molecule has 39 heavy (non-hydrogen) atoms. The summed E-state index contributed by atoms with van der Waals surface area (Å²) < 4.78 is 42.9. The minimum atomic E-state index is -4.62. The number of piperidine rings is 1. The summed E-state index contributed by atoms with van der Waals surface area (Å²) >= 11 is 6.10. The molecule has 3 heterocycles. The van der Waals surface area contributed by atoms with Gasteiger partial charge in [-0.25, -0.2) is 4.98 Å². The van der Waals surface area contributed by atoms with Crippen LogP contribution < -0.4 is 10.6 Å². The molecule has 216 valence electrons. The first-order chi connectivity index (χ1) is 18.6. The number of hydrogen-bond donors (Lipinski definition) is 2. The van der Waals surface area contributed by atoms with E-state index in [-0.39, 0.29) is 24.2 Å². The highest BCUT2D eigenvalue weighted by Gasteiger charge is 2.35. The number of carbonyl (C=O) groups excluding carboxylic acids is 1. The highest BCUT2D eigenvalue weighted by Crippen LogP contribution is 2.35. The van der Waals surface area contributed by atoms with Crippen molar-refractivity contribution in [2.75, 3.05) is 43.9 Å². The standard InChI is InChI=1S/C26H38ClF3N8O/c1-4-6-21(27)24(39)36(3)12-5-11-31-23-20(26(28,29)30)15-32-25(34-23)33-22-16-38(35-17(22)2)19-9-13-37(14-10-19)18-7-8-18/h15-16,18-19,21H,4-14H2,1-3H3,(H2,31,32,33,34). The largest absolute Gasteiger partial charge is 0.421 e. The lowest BCUT2D eigenvalue weighted by Crippen LogP contribution is -2.36. The molecule has 1 aliphatic carbocycles. The van der Waals surface area contributed by atoms with E-state index in [0.717, 1.165) is 50.3 Å². The van der Waals surface area contributed by atoms with Gasteiger partial charge in [-0.1, -0.05) is 13.3 Å². The number of carbonyl (C=O) groups is 1. The lowest BCUT2D eigenvalue weighted by Gasteiger charge is -2.32. The van der Waals surface area contributed by atoms with Crippen LogP contribution in [-0.2, 0) is 11.0 Å². The molecule has 0 spiro atoms. The molecule has 1 saturated heterocycles.